The standard InChI is InChI=1S/C15H18FN3O3/c1-15(2)13(21)19(14(22)17-15)9-12(20)18(3)8-10-4-6-11(16)7-5-10/h4-7H,8-9H2,1-3H3,(H,17,22). The van der Waals surface area contributed by atoms with E-state index in [1.54, 1.807) is 33.0 Å². The first kappa shape index (κ1) is 15.9. The van der Waals surface area contributed by atoms with Gasteiger partial charge in [-0.25, -0.2) is 9.18 Å². The molecule has 0 spiro atoms. The van der Waals surface area contributed by atoms with Crippen molar-refractivity contribution in [2.75, 3.05) is 13.6 Å². The number of rotatable bonds is 4. The van der Waals surface area contributed by atoms with Gasteiger partial charge >= 0.3 is 6.03 Å². The van der Waals surface area contributed by atoms with Gasteiger partial charge in [-0.15, -0.1) is 0 Å². The van der Waals surface area contributed by atoms with E-state index >= 15 is 0 Å². The lowest BCUT2D eigenvalue weighted by Crippen LogP contribution is -2.43. The first-order valence-electron chi connectivity index (χ1n) is 6.83. The van der Waals surface area contributed by atoms with Gasteiger partial charge in [-0.1, -0.05) is 12.1 Å². The van der Waals surface area contributed by atoms with Crippen molar-refractivity contribution < 1.29 is 18.8 Å². The molecule has 1 N–H and O–H groups in total. The summed E-state index contributed by atoms with van der Waals surface area (Å²) in [6.07, 6.45) is 0. The molecule has 1 aromatic carbocycles. The van der Waals surface area contributed by atoms with Gasteiger partial charge in [-0.2, -0.15) is 0 Å². The summed E-state index contributed by atoms with van der Waals surface area (Å²) >= 11 is 0. The Labute approximate surface area is 127 Å². The maximum absolute atomic E-state index is 12.8. The molecule has 0 radical (unpaired) electrons. The molecular formula is C15H18FN3O3. The van der Waals surface area contributed by atoms with Crippen molar-refractivity contribution in [2.45, 2.75) is 25.9 Å². The zero-order chi connectivity index (χ0) is 16.5. The van der Waals surface area contributed by atoms with Crippen molar-refractivity contribution in [3.05, 3.63) is 35.6 Å². The molecule has 1 heterocycles. The van der Waals surface area contributed by atoms with E-state index in [4.69, 9.17) is 0 Å². The fourth-order valence-electron chi connectivity index (χ4n) is 2.17. The zero-order valence-electron chi connectivity index (χ0n) is 12.7. The van der Waals surface area contributed by atoms with Crippen LogP contribution in [0.2, 0.25) is 0 Å². The highest BCUT2D eigenvalue weighted by atomic mass is 19.1. The first-order valence-corrected chi connectivity index (χ1v) is 6.83. The molecule has 0 unspecified atom stereocenters. The molecule has 0 atom stereocenters. The Morgan fingerprint density at radius 3 is 2.36 bits per heavy atom. The van der Waals surface area contributed by atoms with Crippen molar-refractivity contribution in [3.8, 4) is 0 Å². The summed E-state index contributed by atoms with van der Waals surface area (Å²) < 4.78 is 12.8. The number of nitrogens with one attached hydrogen (secondary N) is 1. The van der Waals surface area contributed by atoms with Gasteiger partial charge in [0.1, 0.15) is 17.9 Å². The molecule has 1 aliphatic rings. The molecule has 0 bridgehead atoms. The third-order valence-corrected chi connectivity index (χ3v) is 3.50. The molecule has 1 aromatic rings. The van der Waals surface area contributed by atoms with Crippen LogP contribution in [-0.4, -0.2) is 46.8 Å². The third kappa shape index (κ3) is 3.24. The average molecular weight is 307 g/mol. The van der Waals surface area contributed by atoms with Gasteiger partial charge < -0.3 is 10.2 Å². The number of nitrogens with zero attached hydrogens (tertiary/aromatic N) is 2. The Kier molecular flexibility index (Phi) is 4.16. The summed E-state index contributed by atoms with van der Waals surface area (Å²) in [6.45, 7) is 3.12. The highest BCUT2D eigenvalue weighted by Gasteiger charge is 2.45. The maximum Gasteiger partial charge on any atom is 0.325 e. The van der Waals surface area contributed by atoms with Crippen LogP contribution in [0.4, 0.5) is 9.18 Å². The molecule has 0 saturated carbocycles. The number of urea groups is 1. The van der Waals surface area contributed by atoms with Gasteiger partial charge in [0.2, 0.25) is 5.91 Å². The lowest BCUT2D eigenvalue weighted by atomic mass is 10.1. The van der Waals surface area contributed by atoms with Crippen molar-refractivity contribution in [3.63, 3.8) is 0 Å². The lowest BCUT2D eigenvalue weighted by Gasteiger charge is -2.21. The second-order valence-corrected chi connectivity index (χ2v) is 5.82. The van der Waals surface area contributed by atoms with E-state index in [0.717, 1.165) is 10.5 Å². The third-order valence-electron chi connectivity index (χ3n) is 3.50. The van der Waals surface area contributed by atoms with Gasteiger partial charge in [0.25, 0.3) is 5.91 Å². The van der Waals surface area contributed by atoms with Crippen LogP contribution in [0.15, 0.2) is 24.3 Å². The van der Waals surface area contributed by atoms with Crippen LogP contribution in [0, 0.1) is 5.82 Å². The largest absolute Gasteiger partial charge is 0.340 e. The number of hydrogen-bond donors (Lipinski definition) is 1. The monoisotopic (exact) mass is 307 g/mol. The Morgan fingerprint density at radius 2 is 1.86 bits per heavy atom. The molecule has 1 saturated heterocycles. The first-order chi connectivity index (χ1) is 10.2. The summed E-state index contributed by atoms with van der Waals surface area (Å²) in [6, 6.07) is 5.21. The van der Waals surface area contributed by atoms with Crippen LogP contribution in [0.3, 0.4) is 0 Å². The van der Waals surface area contributed by atoms with Crippen LogP contribution in [0.5, 0.6) is 0 Å². The van der Waals surface area contributed by atoms with Crippen LogP contribution in [0.1, 0.15) is 19.4 Å². The van der Waals surface area contributed by atoms with E-state index in [1.807, 2.05) is 0 Å². The predicted octanol–water partition coefficient (Wildman–Crippen LogP) is 1.11. The topological polar surface area (TPSA) is 69.7 Å². The Balaban J connectivity index is 1.98. The number of carbonyl (C=O) groups excluding carboxylic acids is 3. The van der Waals surface area contributed by atoms with E-state index in [1.165, 1.54) is 17.0 Å². The van der Waals surface area contributed by atoms with Crippen LogP contribution >= 0.6 is 0 Å². The SMILES string of the molecule is CN(Cc1ccc(F)cc1)C(=O)CN1C(=O)NC(C)(C)C1=O. The number of amides is 4. The molecule has 1 aliphatic heterocycles. The molecule has 22 heavy (non-hydrogen) atoms. The summed E-state index contributed by atoms with van der Waals surface area (Å²) in [4.78, 5) is 38.2. The number of benzene rings is 1. The minimum Gasteiger partial charge on any atom is -0.340 e. The quantitative estimate of drug-likeness (QED) is 0.847. The molecule has 1 fully saturated rings. The molecule has 0 aromatic heterocycles. The van der Waals surface area contributed by atoms with Crippen molar-refractivity contribution in [1.82, 2.24) is 15.1 Å². The van der Waals surface area contributed by atoms with E-state index in [2.05, 4.69) is 5.32 Å². The van der Waals surface area contributed by atoms with Crippen molar-refractivity contribution >= 4 is 17.8 Å². The van der Waals surface area contributed by atoms with E-state index in [0.29, 0.717) is 0 Å². The van der Waals surface area contributed by atoms with Gasteiger partial charge in [0.05, 0.1) is 0 Å². The molecule has 0 aliphatic carbocycles. The normalized spacial score (nSPS) is 16.6. The van der Waals surface area contributed by atoms with Crippen LogP contribution in [0.25, 0.3) is 0 Å². The summed E-state index contributed by atoms with van der Waals surface area (Å²) in [5.41, 5.74) is -0.234. The predicted molar refractivity (Wildman–Crippen MR) is 77.2 cm³/mol. The Bertz CT molecular complexity index is 613. The summed E-state index contributed by atoms with van der Waals surface area (Å²) in [7, 11) is 1.56. The minimum absolute atomic E-state index is 0.270. The van der Waals surface area contributed by atoms with Crippen molar-refractivity contribution in [2.24, 2.45) is 0 Å². The summed E-state index contributed by atoms with van der Waals surface area (Å²) in [5, 5.41) is 2.52. The van der Waals surface area contributed by atoms with Crippen LogP contribution < -0.4 is 5.32 Å². The average Bonchev–Trinajstić information content (AvgIpc) is 2.63. The zero-order valence-corrected chi connectivity index (χ0v) is 12.7. The number of likely N-dealkylation sites (N-methyl/N-ethyl adjacent to an activating group) is 1. The van der Waals surface area contributed by atoms with Gasteiger partial charge in [0, 0.05) is 13.6 Å². The number of halogens is 1. The second-order valence-electron chi connectivity index (χ2n) is 5.82. The molecule has 7 heteroatoms. The minimum atomic E-state index is -0.993. The number of carbonyl (C=O) groups is 3. The summed E-state index contributed by atoms with van der Waals surface area (Å²) in [5.74, 6) is -1.15. The fourth-order valence-corrected chi connectivity index (χ4v) is 2.17. The molecule has 6 nitrogen and oxygen atoms in total. The fraction of sp³-hybridized carbons (Fsp3) is 0.400. The highest BCUT2D eigenvalue weighted by molar-refractivity contribution is 6.08. The van der Waals surface area contributed by atoms with Gasteiger partial charge in [0.15, 0.2) is 0 Å². The highest BCUT2D eigenvalue weighted by Crippen LogP contribution is 2.16. The van der Waals surface area contributed by atoms with Gasteiger partial charge in [-0.05, 0) is 31.5 Å². The molecule has 118 valence electrons. The molecule has 4 amide bonds. The van der Waals surface area contributed by atoms with Crippen LogP contribution in [-0.2, 0) is 16.1 Å². The lowest BCUT2D eigenvalue weighted by molar-refractivity contribution is -0.138. The van der Waals surface area contributed by atoms with Crippen molar-refractivity contribution in [1.29, 1.82) is 0 Å². The smallest absolute Gasteiger partial charge is 0.325 e. The second kappa shape index (κ2) is 5.75. The number of hydrogen-bond acceptors (Lipinski definition) is 3. The Morgan fingerprint density at radius 1 is 1.27 bits per heavy atom. The Hall–Kier alpha value is -2.44. The van der Waals surface area contributed by atoms with E-state index in [9.17, 15) is 18.8 Å². The number of imide groups is 1. The molecule has 2 rings (SSSR count). The molecular weight excluding hydrogens is 289 g/mol. The van der Waals surface area contributed by atoms with E-state index in [-0.39, 0.29) is 24.8 Å². The van der Waals surface area contributed by atoms with E-state index < -0.39 is 17.5 Å². The maximum atomic E-state index is 12.8. The van der Waals surface area contributed by atoms with Gasteiger partial charge in [-0.3, -0.25) is 14.5 Å².